The van der Waals surface area contributed by atoms with Gasteiger partial charge in [-0.15, -0.1) is 0 Å². The zero-order valence-electron chi connectivity index (χ0n) is 9.41. The molecule has 16 heavy (non-hydrogen) atoms. The van der Waals surface area contributed by atoms with Crippen molar-refractivity contribution in [3.05, 3.63) is 0 Å². The lowest BCUT2D eigenvalue weighted by Gasteiger charge is -2.29. The van der Waals surface area contributed by atoms with Gasteiger partial charge in [0.25, 0.3) is 5.91 Å². The molecule has 2 N–H and O–H groups in total. The normalized spacial score (nSPS) is 25.8. The van der Waals surface area contributed by atoms with E-state index in [4.69, 9.17) is 4.74 Å². The Morgan fingerprint density at radius 2 is 2.25 bits per heavy atom. The fourth-order valence-corrected chi connectivity index (χ4v) is 3.13. The number of carbonyl (C=O) groups is 1. The summed E-state index contributed by atoms with van der Waals surface area (Å²) >= 11 is 1.90. The van der Waals surface area contributed by atoms with Crippen LogP contribution in [0.15, 0.2) is 4.99 Å². The predicted octanol–water partition coefficient (Wildman–Crippen LogP) is -0.0260. The number of nitrogens with one attached hydrogen (secondary N) is 2. The minimum Gasteiger partial charge on any atom is -0.383 e. The van der Waals surface area contributed by atoms with E-state index < -0.39 is 5.54 Å². The molecular weight excluding hydrogens is 226 g/mol. The predicted molar refractivity (Wildman–Crippen MR) is 64.7 cm³/mol. The summed E-state index contributed by atoms with van der Waals surface area (Å²) in [5, 5.41) is 6.04. The van der Waals surface area contributed by atoms with E-state index in [1.807, 2.05) is 11.8 Å². The van der Waals surface area contributed by atoms with E-state index in [1.54, 1.807) is 7.11 Å². The lowest BCUT2D eigenvalue weighted by atomic mass is 9.93. The molecule has 0 unspecified atom stereocenters. The number of nitrogens with zero attached hydrogens (tertiary/aromatic N) is 1. The molecule has 2 rings (SSSR count). The molecule has 0 aromatic heterocycles. The molecule has 2 saturated heterocycles. The summed E-state index contributed by atoms with van der Waals surface area (Å²) in [5.41, 5.74) is -0.392. The van der Waals surface area contributed by atoms with Crippen LogP contribution in [-0.2, 0) is 9.53 Å². The van der Waals surface area contributed by atoms with Gasteiger partial charge in [-0.1, -0.05) is 0 Å². The van der Waals surface area contributed by atoms with E-state index >= 15 is 0 Å². The van der Waals surface area contributed by atoms with Gasteiger partial charge in [0.05, 0.1) is 13.2 Å². The third-order valence-corrected chi connectivity index (χ3v) is 3.92. The molecule has 0 radical (unpaired) electrons. The van der Waals surface area contributed by atoms with Gasteiger partial charge >= 0.3 is 0 Å². The summed E-state index contributed by atoms with van der Waals surface area (Å²) in [5.74, 6) is 2.75. The van der Waals surface area contributed by atoms with Crippen molar-refractivity contribution >= 4 is 23.6 Å². The SMILES string of the molecule is COCCN=C1NC(=O)C2(CCSCC2)N1. The van der Waals surface area contributed by atoms with Crippen molar-refractivity contribution in [2.75, 3.05) is 31.8 Å². The van der Waals surface area contributed by atoms with Crippen LogP contribution in [0.2, 0.25) is 0 Å². The first-order chi connectivity index (χ1) is 7.77. The van der Waals surface area contributed by atoms with E-state index in [-0.39, 0.29) is 5.91 Å². The Hall–Kier alpha value is -0.750. The van der Waals surface area contributed by atoms with Crippen LogP contribution in [0.3, 0.4) is 0 Å². The van der Waals surface area contributed by atoms with Crippen LogP contribution in [0.25, 0.3) is 0 Å². The molecule has 5 nitrogen and oxygen atoms in total. The van der Waals surface area contributed by atoms with Crippen molar-refractivity contribution in [1.29, 1.82) is 0 Å². The minimum atomic E-state index is -0.392. The van der Waals surface area contributed by atoms with Crippen molar-refractivity contribution in [2.24, 2.45) is 4.99 Å². The van der Waals surface area contributed by atoms with Gasteiger partial charge in [0.15, 0.2) is 5.96 Å². The zero-order valence-corrected chi connectivity index (χ0v) is 10.2. The van der Waals surface area contributed by atoms with E-state index in [2.05, 4.69) is 15.6 Å². The van der Waals surface area contributed by atoms with Gasteiger partial charge < -0.3 is 10.1 Å². The molecule has 0 bridgehead atoms. The Balaban J connectivity index is 1.97. The van der Waals surface area contributed by atoms with E-state index in [0.29, 0.717) is 19.1 Å². The number of aliphatic imine (C=N–C) groups is 1. The Bertz CT molecular complexity index is 300. The van der Waals surface area contributed by atoms with Crippen molar-refractivity contribution in [3.63, 3.8) is 0 Å². The Morgan fingerprint density at radius 3 is 2.94 bits per heavy atom. The number of thioether (sulfide) groups is 1. The third-order valence-electron chi connectivity index (χ3n) is 2.94. The number of methoxy groups -OCH3 is 1. The summed E-state index contributed by atoms with van der Waals surface area (Å²) in [6.45, 7) is 1.15. The smallest absolute Gasteiger partial charge is 0.252 e. The van der Waals surface area contributed by atoms with Gasteiger partial charge in [-0.05, 0) is 24.3 Å². The molecular formula is C10H17N3O2S. The molecule has 6 heteroatoms. The molecule has 0 aromatic carbocycles. The molecule has 90 valence electrons. The Labute approximate surface area is 99.4 Å². The van der Waals surface area contributed by atoms with Crippen molar-refractivity contribution < 1.29 is 9.53 Å². The molecule has 2 fully saturated rings. The van der Waals surface area contributed by atoms with Crippen LogP contribution in [0, 0.1) is 0 Å². The van der Waals surface area contributed by atoms with Gasteiger partial charge in [-0.25, -0.2) is 0 Å². The van der Waals surface area contributed by atoms with Crippen LogP contribution in [0.1, 0.15) is 12.8 Å². The third kappa shape index (κ3) is 2.32. The van der Waals surface area contributed by atoms with Crippen LogP contribution in [0.5, 0.6) is 0 Å². The van der Waals surface area contributed by atoms with E-state index in [0.717, 1.165) is 24.3 Å². The second-order valence-corrected chi connectivity index (χ2v) is 5.22. The number of ether oxygens (including phenoxy) is 1. The molecule has 2 aliphatic heterocycles. The number of rotatable bonds is 3. The fourth-order valence-electron chi connectivity index (χ4n) is 1.94. The highest BCUT2D eigenvalue weighted by Gasteiger charge is 2.45. The molecule has 0 saturated carbocycles. The highest BCUT2D eigenvalue weighted by Crippen LogP contribution is 2.29. The Morgan fingerprint density at radius 1 is 1.50 bits per heavy atom. The van der Waals surface area contributed by atoms with Crippen molar-refractivity contribution in [2.45, 2.75) is 18.4 Å². The minimum absolute atomic E-state index is 0.0731. The van der Waals surface area contributed by atoms with Gasteiger partial charge in [0.1, 0.15) is 5.54 Å². The first kappa shape index (κ1) is 11.7. The first-order valence-electron chi connectivity index (χ1n) is 5.48. The highest BCUT2D eigenvalue weighted by atomic mass is 32.2. The number of amides is 1. The fraction of sp³-hybridized carbons (Fsp3) is 0.800. The van der Waals surface area contributed by atoms with Crippen LogP contribution < -0.4 is 10.6 Å². The molecule has 1 amide bonds. The van der Waals surface area contributed by atoms with Gasteiger partial charge in [-0.2, -0.15) is 11.8 Å². The summed E-state index contributed by atoms with van der Waals surface area (Å²) in [7, 11) is 1.64. The number of guanidine groups is 1. The largest absolute Gasteiger partial charge is 0.383 e. The highest BCUT2D eigenvalue weighted by molar-refractivity contribution is 7.99. The second kappa shape index (κ2) is 5.05. The lowest BCUT2D eigenvalue weighted by Crippen LogP contribution is -2.49. The number of hydrogen-bond acceptors (Lipinski definition) is 4. The molecule has 1 spiro atoms. The van der Waals surface area contributed by atoms with Gasteiger partial charge in [0.2, 0.25) is 0 Å². The molecule has 2 heterocycles. The van der Waals surface area contributed by atoms with Crippen molar-refractivity contribution in [1.82, 2.24) is 10.6 Å². The van der Waals surface area contributed by atoms with Gasteiger partial charge in [0, 0.05) is 7.11 Å². The van der Waals surface area contributed by atoms with Crippen LogP contribution >= 0.6 is 11.8 Å². The van der Waals surface area contributed by atoms with Crippen LogP contribution in [0.4, 0.5) is 0 Å². The second-order valence-electron chi connectivity index (χ2n) is 4.00. The molecule has 0 aliphatic carbocycles. The number of carbonyl (C=O) groups excluding carboxylic acids is 1. The summed E-state index contributed by atoms with van der Waals surface area (Å²) in [6.07, 6.45) is 1.76. The van der Waals surface area contributed by atoms with E-state index in [1.165, 1.54) is 0 Å². The maximum Gasteiger partial charge on any atom is 0.252 e. The van der Waals surface area contributed by atoms with Crippen molar-refractivity contribution in [3.8, 4) is 0 Å². The maximum absolute atomic E-state index is 11.9. The standard InChI is InChI=1S/C10H17N3O2S/c1-15-5-4-11-9-12-8(14)10(13-9)2-6-16-7-3-10/h2-7H2,1H3,(H2,11,12,13,14). The average molecular weight is 243 g/mol. The molecule has 2 aliphatic rings. The molecule has 0 atom stereocenters. The maximum atomic E-state index is 11.9. The number of hydrogen-bond donors (Lipinski definition) is 2. The zero-order chi connectivity index (χ0) is 11.4. The topological polar surface area (TPSA) is 62.7 Å². The summed E-state index contributed by atoms with van der Waals surface area (Å²) in [6, 6.07) is 0. The lowest BCUT2D eigenvalue weighted by molar-refractivity contribution is -0.124. The summed E-state index contributed by atoms with van der Waals surface area (Å²) in [4.78, 5) is 16.2. The van der Waals surface area contributed by atoms with E-state index in [9.17, 15) is 4.79 Å². The van der Waals surface area contributed by atoms with Gasteiger partial charge in [-0.3, -0.25) is 15.1 Å². The first-order valence-corrected chi connectivity index (χ1v) is 6.63. The Kier molecular flexibility index (Phi) is 3.70. The quantitative estimate of drug-likeness (QED) is 0.684. The van der Waals surface area contributed by atoms with Crippen LogP contribution in [-0.4, -0.2) is 49.2 Å². The average Bonchev–Trinajstić information content (AvgIpc) is 2.57. The molecule has 0 aromatic rings. The summed E-state index contributed by atoms with van der Waals surface area (Å²) < 4.78 is 4.91. The monoisotopic (exact) mass is 243 g/mol.